The molecule has 0 radical (unpaired) electrons. The summed E-state index contributed by atoms with van der Waals surface area (Å²) in [7, 11) is -3.87. The van der Waals surface area contributed by atoms with E-state index in [1.165, 1.54) is 13.0 Å². The zero-order valence-corrected chi connectivity index (χ0v) is 16.9. The van der Waals surface area contributed by atoms with Crippen molar-refractivity contribution < 1.29 is 17.9 Å². The second kappa shape index (κ2) is 9.01. The van der Waals surface area contributed by atoms with Crippen molar-refractivity contribution in [2.24, 2.45) is 0 Å². The molecule has 7 heteroatoms. The normalized spacial score (nSPS) is 12.4. The lowest BCUT2D eigenvalue weighted by molar-refractivity contribution is -0.114. The minimum Gasteiger partial charge on any atom is -0.492 e. The summed E-state index contributed by atoms with van der Waals surface area (Å²) < 4.78 is 34.4. The second-order valence-electron chi connectivity index (χ2n) is 6.27. The Bertz CT molecular complexity index is 893. The van der Waals surface area contributed by atoms with Crippen molar-refractivity contribution in [3.63, 3.8) is 0 Å². The third-order valence-electron chi connectivity index (χ3n) is 4.04. The van der Waals surface area contributed by atoms with Crippen molar-refractivity contribution >= 4 is 21.6 Å². The highest BCUT2D eigenvalue weighted by Crippen LogP contribution is 2.29. The lowest BCUT2D eigenvalue weighted by Gasteiger charge is -2.20. The molecule has 1 amide bonds. The van der Waals surface area contributed by atoms with Crippen LogP contribution in [0, 0.1) is 6.92 Å². The van der Waals surface area contributed by atoms with Crippen LogP contribution in [0.2, 0.25) is 0 Å². The van der Waals surface area contributed by atoms with Gasteiger partial charge in [0.2, 0.25) is 15.9 Å². The highest BCUT2D eigenvalue weighted by molar-refractivity contribution is 7.89. The van der Waals surface area contributed by atoms with Gasteiger partial charge in [-0.15, -0.1) is 0 Å². The predicted molar refractivity (Wildman–Crippen MR) is 106 cm³/mol. The minimum absolute atomic E-state index is 0.00108. The van der Waals surface area contributed by atoms with Crippen LogP contribution in [0.5, 0.6) is 5.75 Å². The van der Waals surface area contributed by atoms with Crippen LogP contribution in [-0.4, -0.2) is 20.9 Å². The fraction of sp³-hybridized carbons (Fsp3) is 0.350. The molecule has 2 aromatic rings. The zero-order valence-electron chi connectivity index (χ0n) is 16.1. The van der Waals surface area contributed by atoms with Crippen molar-refractivity contribution in [2.75, 3.05) is 11.9 Å². The number of ether oxygens (including phenoxy) is 1. The van der Waals surface area contributed by atoms with Crippen LogP contribution in [0.4, 0.5) is 5.69 Å². The lowest BCUT2D eigenvalue weighted by atomic mass is 10.0. The van der Waals surface area contributed by atoms with Gasteiger partial charge in [0.05, 0.1) is 6.61 Å². The van der Waals surface area contributed by atoms with Crippen LogP contribution < -0.4 is 14.8 Å². The number of hydrogen-bond acceptors (Lipinski definition) is 4. The summed E-state index contributed by atoms with van der Waals surface area (Å²) in [4.78, 5) is 11.3. The number of hydrogen-bond donors (Lipinski definition) is 2. The van der Waals surface area contributed by atoms with E-state index in [0.717, 1.165) is 11.1 Å². The largest absolute Gasteiger partial charge is 0.492 e. The first kappa shape index (κ1) is 20.9. The summed E-state index contributed by atoms with van der Waals surface area (Å²) in [5.41, 5.74) is 2.40. The summed E-state index contributed by atoms with van der Waals surface area (Å²) >= 11 is 0. The van der Waals surface area contributed by atoms with E-state index in [1.54, 1.807) is 19.1 Å². The molecule has 0 spiro atoms. The monoisotopic (exact) mass is 390 g/mol. The maximum atomic E-state index is 13.1. The van der Waals surface area contributed by atoms with Gasteiger partial charge in [0, 0.05) is 18.7 Å². The van der Waals surface area contributed by atoms with E-state index in [0.29, 0.717) is 18.7 Å². The molecule has 0 saturated heterocycles. The quantitative estimate of drug-likeness (QED) is 0.718. The van der Waals surface area contributed by atoms with Gasteiger partial charge in [0.1, 0.15) is 10.6 Å². The number of rotatable bonds is 8. The minimum atomic E-state index is -3.87. The number of benzene rings is 2. The molecule has 0 saturated carbocycles. The molecule has 0 aromatic heterocycles. The third-order valence-corrected chi connectivity index (χ3v) is 5.53. The molecule has 0 aliphatic rings. The Hall–Kier alpha value is -2.38. The second-order valence-corrected chi connectivity index (χ2v) is 7.95. The maximum Gasteiger partial charge on any atom is 0.244 e. The molecular formula is C20H26N2O4S. The molecule has 27 heavy (non-hydrogen) atoms. The molecule has 2 N–H and O–H groups in total. The van der Waals surface area contributed by atoms with E-state index in [1.807, 2.05) is 38.1 Å². The van der Waals surface area contributed by atoms with E-state index < -0.39 is 10.0 Å². The molecule has 0 bridgehead atoms. The summed E-state index contributed by atoms with van der Waals surface area (Å²) in [5, 5.41) is 2.61. The smallest absolute Gasteiger partial charge is 0.244 e. The standard InChI is InChI=1S/C20H26N2O4S/c1-5-18(16-9-7-14(3)8-10-16)22-27(24,25)20-13-17(21-15(4)23)11-12-19(20)26-6-2/h7-13,18,22H,5-6H2,1-4H3,(H,21,23). The molecule has 146 valence electrons. The number of carbonyl (C=O) groups is 1. The number of carbonyl (C=O) groups excluding carboxylic acids is 1. The molecule has 0 fully saturated rings. The fourth-order valence-electron chi connectivity index (χ4n) is 2.71. The molecule has 0 aliphatic carbocycles. The highest BCUT2D eigenvalue weighted by atomic mass is 32.2. The van der Waals surface area contributed by atoms with Crippen LogP contribution in [0.25, 0.3) is 0 Å². The van der Waals surface area contributed by atoms with Gasteiger partial charge in [-0.25, -0.2) is 13.1 Å². The number of anilines is 1. The molecule has 1 atom stereocenters. The molecule has 2 aromatic carbocycles. The van der Waals surface area contributed by atoms with Gasteiger partial charge in [-0.2, -0.15) is 0 Å². The van der Waals surface area contributed by atoms with Crippen LogP contribution in [-0.2, 0) is 14.8 Å². The lowest BCUT2D eigenvalue weighted by Crippen LogP contribution is -2.29. The highest BCUT2D eigenvalue weighted by Gasteiger charge is 2.24. The van der Waals surface area contributed by atoms with E-state index in [9.17, 15) is 13.2 Å². The van der Waals surface area contributed by atoms with E-state index in [4.69, 9.17) is 4.74 Å². The van der Waals surface area contributed by atoms with Crippen molar-refractivity contribution in [1.29, 1.82) is 0 Å². The maximum absolute atomic E-state index is 13.1. The van der Waals surface area contributed by atoms with Crippen molar-refractivity contribution in [3.05, 3.63) is 53.6 Å². The van der Waals surface area contributed by atoms with E-state index in [-0.39, 0.29) is 22.6 Å². The van der Waals surface area contributed by atoms with Crippen LogP contribution in [0.1, 0.15) is 44.4 Å². The fourth-order valence-corrected chi connectivity index (χ4v) is 4.19. The molecule has 0 heterocycles. The Kier molecular flexibility index (Phi) is 6.98. The Labute approximate surface area is 161 Å². The molecule has 2 rings (SSSR count). The Morgan fingerprint density at radius 3 is 2.33 bits per heavy atom. The number of sulfonamides is 1. The first-order valence-corrected chi connectivity index (χ1v) is 10.4. The van der Waals surface area contributed by atoms with Gasteiger partial charge < -0.3 is 10.1 Å². The number of nitrogens with one attached hydrogen (secondary N) is 2. The summed E-state index contributed by atoms with van der Waals surface area (Å²) in [6.07, 6.45) is 0.595. The van der Waals surface area contributed by atoms with Gasteiger partial charge in [-0.1, -0.05) is 36.8 Å². The third kappa shape index (κ3) is 5.55. The zero-order chi connectivity index (χ0) is 20.0. The summed E-state index contributed by atoms with van der Waals surface area (Å²) in [6, 6.07) is 12.0. The van der Waals surface area contributed by atoms with Crippen molar-refractivity contribution in [1.82, 2.24) is 4.72 Å². The van der Waals surface area contributed by atoms with Crippen molar-refractivity contribution in [2.45, 2.75) is 45.1 Å². The predicted octanol–water partition coefficient (Wildman–Crippen LogP) is 3.78. The van der Waals surface area contributed by atoms with Gasteiger partial charge in [0.25, 0.3) is 0 Å². The van der Waals surface area contributed by atoms with E-state index in [2.05, 4.69) is 10.0 Å². The van der Waals surface area contributed by atoms with Crippen LogP contribution >= 0.6 is 0 Å². The van der Waals surface area contributed by atoms with Crippen molar-refractivity contribution in [3.8, 4) is 5.75 Å². The summed E-state index contributed by atoms with van der Waals surface area (Å²) in [6.45, 7) is 7.39. The Morgan fingerprint density at radius 2 is 1.78 bits per heavy atom. The average molecular weight is 391 g/mol. The van der Waals surface area contributed by atoms with Gasteiger partial charge >= 0.3 is 0 Å². The molecular weight excluding hydrogens is 364 g/mol. The first-order valence-electron chi connectivity index (χ1n) is 8.90. The van der Waals surface area contributed by atoms with Gasteiger partial charge in [-0.05, 0) is 44.0 Å². The number of amides is 1. The molecule has 0 aliphatic heterocycles. The SMILES string of the molecule is CCOc1ccc(NC(C)=O)cc1S(=O)(=O)NC(CC)c1ccc(C)cc1. The Morgan fingerprint density at radius 1 is 1.11 bits per heavy atom. The molecule has 6 nitrogen and oxygen atoms in total. The van der Waals surface area contributed by atoms with E-state index >= 15 is 0 Å². The first-order chi connectivity index (χ1) is 12.8. The molecule has 1 unspecified atom stereocenters. The van der Waals surface area contributed by atoms with Gasteiger partial charge in [-0.3, -0.25) is 4.79 Å². The Balaban J connectivity index is 2.40. The van der Waals surface area contributed by atoms with Gasteiger partial charge in [0.15, 0.2) is 0 Å². The topological polar surface area (TPSA) is 84.5 Å². The summed E-state index contributed by atoms with van der Waals surface area (Å²) in [5.74, 6) is -0.0283. The number of aryl methyl sites for hydroxylation is 1. The van der Waals surface area contributed by atoms with Crippen LogP contribution in [0.15, 0.2) is 47.4 Å². The average Bonchev–Trinajstić information content (AvgIpc) is 2.61. The van der Waals surface area contributed by atoms with Crippen LogP contribution in [0.3, 0.4) is 0 Å².